The summed E-state index contributed by atoms with van der Waals surface area (Å²) in [6, 6.07) is 16.0. The van der Waals surface area contributed by atoms with Crippen LogP contribution in [-0.4, -0.2) is 8.42 Å². The summed E-state index contributed by atoms with van der Waals surface area (Å²) in [4.78, 5) is 0.272. The van der Waals surface area contributed by atoms with Gasteiger partial charge in [0.05, 0.1) is 4.90 Å². The normalized spacial score (nSPS) is 11.6. The van der Waals surface area contributed by atoms with Gasteiger partial charge < -0.3 is 0 Å². The molecule has 0 aliphatic heterocycles. The molecule has 0 spiro atoms. The lowest BCUT2D eigenvalue weighted by Gasteiger charge is -2.09. The van der Waals surface area contributed by atoms with Crippen LogP contribution < -0.4 is 4.72 Å². The van der Waals surface area contributed by atoms with Gasteiger partial charge >= 0.3 is 0 Å². The fourth-order valence-electron chi connectivity index (χ4n) is 2.01. The highest BCUT2D eigenvalue weighted by atomic mass is 32.2. The topological polar surface area (TPSA) is 46.2 Å². The quantitative estimate of drug-likeness (QED) is 0.874. The first-order valence-electron chi connectivity index (χ1n) is 7.14. The molecule has 0 atom stereocenters. The van der Waals surface area contributed by atoms with E-state index in [4.69, 9.17) is 0 Å². The molecule has 0 aromatic heterocycles. The largest absolute Gasteiger partial charge is 0.280 e. The maximum Gasteiger partial charge on any atom is 0.261 e. The van der Waals surface area contributed by atoms with Gasteiger partial charge in [-0.25, -0.2) is 8.42 Å². The van der Waals surface area contributed by atoms with E-state index in [-0.39, 0.29) is 4.90 Å². The Morgan fingerprint density at radius 1 is 0.952 bits per heavy atom. The molecule has 0 radical (unpaired) electrons. The minimum atomic E-state index is -3.50. The van der Waals surface area contributed by atoms with Crippen molar-refractivity contribution in [2.45, 2.75) is 31.6 Å². The average Bonchev–Trinajstić information content (AvgIpc) is 2.47. The van der Waals surface area contributed by atoms with Crippen LogP contribution in [-0.2, 0) is 16.4 Å². The highest BCUT2D eigenvalue weighted by molar-refractivity contribution is 7.92. The summed E-state index contributed by atoms with van der Waals surface area (Å²) in [6.07, 6.45) is 2.15. The molecule has 3 nitrogen and oxygen atoms in total. The monoisotopic (exact) mass is 303 g/mol. The van der Waals surface area contributed by atoms with Crippen LogP contribution in [0.5, 0.6) is 0 Å². The Balaban J connectivity index is 2.06. The van der Waals surface area contributed by atoms with Gasteiger partial charge in [-0.05, 0) is 48.6 Å². The number of aryl methyl sites for hydroxylation is 1. The molecule has 0 aliphatic rings. The van der Waals surface area contributed by atoms with Gasteiger partial charge in [0.2, 0.25) is 0 Å². The van der Waals surface area contributed by atoms with Crippen molar-refractivity contribution in [3.8, 4) is 0 Å². The van der Waals surface area contributed by atoms with Crippen LogP contribution in [0.15, 0.2) is 59.5 Å². The number of sulfonamides is 1. The molecule has 0 aliphatic carbocycles. The van der Waals surface area contributed by atoms with Crippen molar-refractivity contribution < 1.29 is 8.42 Å². The summed E-state index contributed by atoms with van der Waals surface area (Å²) in [5.74, 6) is 0.668. The summed E-state index contributed by atoms with van der Waals surface area (Å²) < 4.78 is 27.0. The average molecular weight is 303 g/mol. The third kappa shape index (κ3) is 4.60. The molecule has 1 N–H and O–H groups in total. The van der Waals surface area contributed by atoms with Crippen LogP contribution in [0.3, 0.4) is 0 Å². The van der Waals surface area contributed by atoms with E-state index >= 15 is 0 Å². The lowest BCUT2D eigenvalue weighted by molar-refractivity contribution is 0.587. The van der Waals surface area contributed by atoms with E-state index in [9.17, 15) is 8.42 Å². The molecule has 0 bridgehead atoms. The second kappa shape index (κ2) is 6.76. The SMILES string of the molecule is CC(C)CCc1ccc(NS(=O)(=O)c2ccccc2)cc1. The zero-order chi connectivity index (χ0) is 15.3. The molecule has 0 fully saturated rings. The van der Waals surface area contributed by atoms with Crippen molar-refractivity contribution >= 4 is 15.7 Å². The van der Waals surface area contributed by atoms with Crippen molar-refractivity contribution in [2.75, 3.05) is 4.72 Å². The van der Waals surface area contributed by atoms with Crippen LogP contribution in [0, 0.1) is 5.92 Å². The molecule has 0 saturated heterocycles. The molecule has 0 saturated carbocycles. The van der Waals surface area contributed by atoms with Gasteiger partial charge in [-0.3, -0.25) is 4.72 Å². The maximum atomic E-state index is 12.2. The van der Waals surface area contributed by atoms with E-state index in [0.717, 1.165) is 12.8 Å². The number of anilines is 1. The fourth-order valence-corrected chi connectivity index (χ4v) is 3.09. The molecule has 2 rings (SSSR count). The second-order valence-corrected chi connectivity index (χ2v) is 7.23. The lowest BCUT2D eigenvalue weighted by atomic mass is 10.0. The smallest absolute Gasteiger partial charge is 0.261 e. The van der Waals surface area contributed by atoms with Crippen LogP contribution in [0.2, 0.25) is 0 Å². The third-order valence-electron chi connectivity index (χ3n) is 3.27. The summed E-state index contributed by atoms with van der Waals surface area (Å²) in [5.41, 5.74) is 1.82. The Morgan fingerprint density at radius 3 is 2.14 bits per heavy atom. The zero-order valence-electron chi connectivity index (χ0n) is 12.4. The van der Waals surface area contributed by atoms with Crippen molar-refractivity contribution in [3.63, 3.8) is 0 Å². The Hall–Kier alpha value is -1.81. The zero-order valence-corrected chi connectivity index (χ0v) is 13.2. The van der Waals surface area contributed by atoms with Crippen LogP contribution in [0.25, 0.3) is 0 Å². The van der Waals surface area contributed by atoms with Gasteiger partial charge in [0.1, 0.15) is 0 Å². The summed E-state index contributed by atoms with van der Waals surface area (Å²) in [6.45, 7) is 4.39. The van der Waals surface area contributed by atoms with E-state index in [1.54, 1.807) is 30.3 Å². The molecule has 112 valence electrons. The predicted octanol–water partition coefficient (Wildman–Crippen LogP) is 4.08. The van der Waals surface area contributed by atoms with Crippen LogP contribution in [0.1, 0.15) is 25.8 Å². The summed E-state index contributed by atoms with van der Waals surface area (Å²) >= 11 is 0. The Morgan fingerprint density at radius 2 is 1.57 bits per heavy atom. The van der Waals surface area contributed by atoms with Gasteiger partial charge in [0.15, 0.2) is 0 Å². The number of hydrogen-bond acceptors (Lipinski definition) is 2. The molecule has 4 heteroatoms. The standard InChI is InChI=1S/C17H21NO2S/c1-14(2)8-9-15-10-12-16(13-11-15)18-21(19,20)17-6-4-3-5-7-17/h3-7,10-14,18H,8-9H2,1-2H3. The Kier molecular flexibility index (Phi) is 5.02. The van der Waals surface area contributed by atoms with Crippen LogP contribution in [0.4, 0.5) is 5.69 Å². The van der Waals surface area contributed by atoms with Gasteiger partial charge in [-0.1, -0.05) is 44.2 Å². The van der Waals surface area contributed by atoms with E-state index in [1.807, 2.05) is 24.3 Å². The molecule has 0 heterocycles. The number of rotatable bonds is 6. The minimum absolute atomic E-state index is 0.272. The number of nitrogens with one attached hydrogen (secondary N) is 1. The number of hydrogen-bond donors (Lipinski definition) is 1. The number of benzene rings is 2. The highest BCUT2D eigenvalue weighted by Gasteiger charge is 2.13. The molecule has 2 aromatic rings. The van der Waals surface area contributed by atoms with Gasteiger partial charge in [0.25, 0.3) is 10.0 Å². The third-order valence-corrected chi connectivity index (χ3v) is 4.67. The fraction of sp³-hybridized carbons (Fsp3) is 0.294. The van der Waals surface area contributed by atoms with Gasteiger partial charge in [-0.15, -0.1) is 0 Å². The lowest BCUT2D eigenvalue weighted by Crippen LogP contribution is -2.12. The van der Waals surface area contributed by atoms with Crippen molar-refractivity contribution in [1.82, 2.24) is 0 Å². The molecular formula is C17H21NO2S. The van der Waals surface area contributed by atoms with Gasteiger partial charge in [0, 0.05) is 5.69 Å². The first-order valence-corrected chi connectivity index (χ1v) is 8.62. The van der Waals surface area contributed by atoms with Crippen LogP contribution >= 0.6 is 0 Å². The molecule has 0 amide bonds. The van der Waals surface area contributed by atoms with Crippen molar-refractivity contribution in [1.29, 1.82) is 0 Å². The molecule has 2 aromatic carbocycles. The summed E-state index contributed by atoms with van der Waals surface area (Å²) in [7, 11) is -3.50. The van der Waals surface area contributed by atoms with Crippen molar-refractivity contribution in [3.05, 3.63) is 60.2 Å². The highest BCUT2D eigenvalue weighted by Crippen LogP contribution is 2.17. The maximum absolute atomic E-state index is 12.2. The molecule has 0 unspecified atom stereocenters. The van der Waals surface area contributed by atoms with E-state index in [1.165, 1.54) is 5.56 Å². The van der Waals surface area contributed by atoms with Crippen molar-refractivity contribution in [2.24, 2.45) is 5.92 Å². The van der Waals surface area contributed by atoms with E-state index in [2.05, 4.69) is 18.6 Å². The predicted molar refractivity (Wildman–Crippen MR) is 86.9 cm³/mol. The Labute approximate surface area is 127 Å². The van der Waals surface area contributed by atoms with E-state index in [0.29, 0.717) is 11.6 Å². The van der Waals surface area contributed by atoms with E-state index < -0.39 is 10.0 Å². The first-order chi connectivity index (χ1) is 9.97. The minimum Gasteiger partial charge on any atom is -0.280 e. The molecule has 21 heavy (non-hydrogen) atoms. The molecular weight excluding hydrogens is 282 g/mol. The van der Waals surface area contributed by atoms with Gasteiger partial charge in [-0.2, -0.15) is 0 Å². The first kappa shape index (κ1) is 15.6. The Bertz CT molecular complexity index is 662. The second-order valence-electron chi connectivity index (χ2n) is 5.55. The summed E-state index contributed by atoms with van der Waals surface area (Å²) in [5, 5.41) is 0.